The van der Waals surface area contributed by atoms with Crippen molar-refractivity contribution in [1.29, 1.82) is 0 Å². The van der Waals surface area contributed by atoms with Crippen LogP contribution >= 0.6 is 12.4 Å². The van der Waals surface area contributed by atoms with Gasteiger partial charge < -0.3 is 10.4 Å². The first-order valence-corrected chi connectivity index (χ1v) is 4.59. The molecule has 2 N–H and O–H groups in total. The fourth-order valence-electron chi connectivity index (χ4n) is 1.93. The summed E-state index contributed by atoms with van der Waals surface area (Å²) in [6.07, 6.45) is 3.65. The van der Waals surface area contributed by atoms with Crippen molar-refractivity contribution in [1.82, 2.24) is 5.32 Å². The molecule has 1 fully saturated rings. The molecule has 1 aliphatic carbocycles. The van der Waals surface area contributed by atoms with Gasteiger partial charge in [-0.3, -0.25) is 9.59 Å². The van der Waals surface area contributed by atoms with Crippen LogP contribution in [-0.4, -0.2) is 24.0 Å². The van der Waals surface area contributed by atoms with E-state index in [0.717, 1.165) is 19.3 Å². The van der Waals surface area contributed by atoms with E-state index in [0.29, 0.717) is 12.8 Å². The fourth-order valence-corrected chi connectivity index (χ4v) is 1.93. The lowest BCUT2D eigenvalue weighted by molar-refractivity contribution is -0.158. The van der Waals surface area contributed by atoms with Gasteiger partial charge >= 0.3 is 5.97 Å². The molecule has 1 aliphatic rings. The van der Waals surface area contributed by atoms with Gasteiger partial charge in [-0.15, -0.1) is 12.4 Å². The minimum Gasteiger partial charge on any atom is -0.480 e. The van der Waals surface area contributed by atoms with E-state index >= 15 is 0 Å². The summed E-state index contributed by atoms with van der Waals surface area (Å²) in [5.41, 5.74) is -1.15. The van der Waals surface area contributed by atoms with Crippen molar-refractivity contribution >= 4 is 24.3 Å². The summed E-state index contributed by atoms with van der Waals surface area (Å²) in [7, 11) is 1.49. The third kappa shape index (κ3) is 2.18. The number of carbonyl (C=O) groups excluding carboxylic acids is 1. The van der Waals surface area contributed by atoms with Crippen molar-refractivity contribution < 1.29 is 14.7 Å². The molecule has 0 unspecified atom stereocenters. The maximum atomic E-state index is 11.4. The van der Waals surface area contributed by atoms with Gasteiger partial charge in [-0.2, -0.15) is 0 Å². The predicted molar refractivity (Wildman–Crippen MR) is 54.5 cm³/mol. The SMILES string of the molecule is CNC(=O)C1(C(=O)O)CCCCC1.Cl. The highest BCUT2D eigenvalue weighted by Gasteiger charge is 2.45. The second kappa shape index (κ2) is 5.20. The zero-order chi connectivity index (χ0) is 9.90. The van der Waals surface area contributed by atoms with E-state index in [4.69, 9.17) is 5.11 Å². The molecule has 0 aromatic heterocycles. The molecule has 1 saturated carbocycles. The van der Waals surface area contributed by atoms with E-state index in [1.807, 2.05) is 0 Å². The first-order chi connectivity index (χ1) is 6.13. The molecule has 1 rings (SSSR count). The van der Waals surface area contributed by atoms with Gasteiger partial charge in [0, 0.05) is 7.05 Å². The van der Waals surface area contributed by atoms with Crippen molar-refractivity contribution in [3.8, 4) is 0 Å². The van der Waals surface area contributed by atoms with Crippen LogP contribution in [-0.2, 0) is 9.59 Å². The molecule has 5 heteroatoms. The molecular weight excluding hydrogens is 206 g/mol. The fraction of sp³-hybridized carbons (Fsp3) is 0.778. The van der Waals surface area contributed by atoms with Crippen LogP contribution < -0.4 is 5.32 Å². The van der Waals surface area contributed by atoms with Crippen molar-refractivity contribution in [2.45, 2.75) is 32.1 Å². The zero-order valence-electron chi connectivity index (χ0n) is 8.21. The summed E-state index contributed by atoms with van der Waals surface area (Å²) in [6.45, 7) is 0. The average Bonchev–Trinajstić information content (AvgIpc) is 2.17. The smallest absolute Gasteiger partial charge is 0.319 e. The Morgan fingerprint density at radius 1 is 1.21 bits per heavy atom. The van der Waals surface area contributed by atoms with Crippen molar-refractivity contribution in [3.63, 3.8) is 0 Å². The molecule has 0 heterocycles. The molecule has 14 heavy (non-hydrogen) atoms. The van der Waals surface area contributed by atoms with Crippen LogP contribution in [0.4, 0.5) is 0 Å². The van der Waals surface area contributed by atoms with Gasteiger partial charge in [0.15, 0.2) is 0 Å². The van der Waals surface area contributed by atoms with Crippen molar-refractivity contribution in [2.24, 2.45) is 5.41 Å². The van der Waals surface area contributed by atoms with Gasteiger partial charge in [-0.05, 0) is 12.8 Å². The van der Waals surface area contributed by atoms with Crippen LogP contribution in [0.1, 0.15) is 32.1 Å². The maximum absolute atomic E-state index is 11.4. The number of carboxylic acid groups (broad SMARTS) is 1. The number of carboxylic acids is 1. The molecule has 0 aliphatic heterocycles. The lowest BCUT2D eigenvalue weighted by Crippen LogP contribution is -2.46. The molecular formula is C9H16ClNO3. The van der Waals surface area contributed by atoms with Crippen molar-refractivity contribution in [3.05, 3.63) is 0 Å². The zero-order valence-corrected chi connectivity index (χ0v) is 9.02. The quantitative estimate of drug-likeness (QED) is 0.689. The Labute approximate surface area is 89.5 Å². The van der Waals surface area contributed by atoms with E-state index in [1.165, 1.54) is 7.05 Å². The Morgan fingerprint density at radius 2 is 1.71 bits per heavy atom. The Kier molecular flexibility index (Phi) is 4.91. The normalized spacial score (nSPS) is 19.2. The number of rotatable bonds is 2. The molecule has 82 valence electrons. The minimum atomic E-state index is -1.15. The highest BCUT2D eigenvalue weighted by atomic mass is 35.5. The first-order valence-electron chi connectivity index (χ1n) is 4.59. The van der Waals surface area contributed by atoms with E-state index in [2.05, 4.69) is 5.32 Å². The molecule has 0 bridgehead atoms. The summed E-state index contributed by atoms with van der Waals surface area (Å²) >= 11 is 0. The summed E-state index contributed by atoms with van der Waals surface area (Å²) in [5.74, 6) is -1.33. The van der Waals surface area contributed by atoms with Crippen LogP contribution in [0.3, 0.4) is 0 Å². The number of halogens is 1. The van der Waals surface area contributed by atoms with Gasteiger partial charge in [0.25, 0.3) is 0 Å². The topological polar surface area (TPSA) is 66.4 Å². The van der Waals surface area contributed by atoms with Crippen LogP contribution in [0.2, 0.25) is 0 Å². The summed E-state index contributed by atoms with van der Waals surface area (Å²) < 4.78 is 0. The molecule has 0 aromatic carbocycles. The number of hydrogen-bond acceptors (Lipinski definition) is 2. The maximum Gasteiger partial charge on any atom is 0.319 e. The molecule has 1 amide bonds. The molecule has 4 nitrogen and oxygen atoms in total. The van der Waals surface area contributed by atoms with Crippen LogP contribution in [0, 0.1) is 5.41 Å². The van der Waals surface area contributed by atoms with E-state index < -0.39 is 11.4 Å². The third-order valence-corrected chi connectivity index (χ3v) is 2.78. The summed E-state index contributed by atoms with van der Waals surface area (Å²) in [6, 6.07) is 0. The van der Waals surface area contributed by atoms with Gasteiger partial charge in [0.1, 0.15) is 5.41 Å². The number of hydrogen-bond donors (Lipinski definition) is 2. The summed E-state index contributed by atoms with van der Waals surface area (Å²) in [5, 5.41) is 11.5. The highest BCUT2D eigenvalue weighted by Crippen LogP contribution is 2.36. The second-order valence-corrected chi connectivity index (χ2v) is 3.53. The van der Waals surface area contributed by atoms with Crippen LogP contribution in [0.15, 0.2) is 0 Å². The standard InChI is InChI=1S/C9H15NO3.ClH/c1-10-7(11)9(8(12)13)5-3-2-4-6-9;/h2-6H2,1H3,(H,10,11)(H,12,13);1H. The average molecular weight is 222 g/mol. The van der Waals surface area contributed by atoms with Crippen LogP contribution in [0.25, 0.3) is 0 Å². The van der Waals surface area contributed by atoms with Gasteiger partial charge in [-0.25, -0.2) is 0 Å². The minimum absolute atomic E-state index is 0. The third-order valence-electron chi connectivity index (χ3n) is 2.78. The van der Waals surface area contributed by atoms with Gasteiger partial charge in [0.2, 0.25) is 5.91 Å². The van der Waals surface area contributed by atoms with Gasteiger partial charge in [0.05, 0.1) is 0 Å². The van der Waals surface area contributed by atoms with E-state index in [1.54, 1.807) is 0 Å². The molecule has 0 spiro atoms. The molecule has 0 saturated heterocycles. The first kappa shape index (κ1) is 13.2. The number of amides is 1. The Morgan fingerprint density at radius 3 is 2.07 bits per heavy atom. The Hall–Kier alpha value is -0.770. The number of aliphatic carboxylic acids is 1. The predicted octanol–water partition coefficient (Wildman–Crippen LogP) is 1.19. The molecule has 0 atom stereocenters. The number of nitrogens with one attached hydrogen (secondary N) is 1. The highest BCUT2D eigenvalue weighted by molar-refractivity contribution is 6.01. The monoisotopic (exact) mass is 221 g/mol. The molecule has 0 aromatic rings. The Balaban J connectivity index is 0.00000169. The summed E-state index contributed by atoms with van der Waals surface area (Å²) in [4.78, 5) is 22.5. The largest absolute Gasteiger partial charge is 0.480 e. The Bertz CT molecular complexity index is 224. The van der Waals surface area contributed by atoms with E-state index in [-0.39, 0.29) is 18.3 Å². The van der Waals surface area contributed by atoms with Crippen molar-refractivity contribution in [2.75, 3.05) is 7.05 Å². The second-order valence-electron chi connectivity index (χ2n) is 3.53. The number of carbonyl (C=O) groups is 2. The van der Waals surface area contributed by atoms with E-state index in [9.17, 15) is 9.59 Å². The van der Waals surface area contributed by atoms with Crippen LogP contribution in [0.5, 0.6) is 0 Å². The van der Waals surface area contributed by atoms with Gasteiger partial charge in [-0.1, -0.05) is 19.3 Å². The lowest BCUT2D eigenvalue weighted by atomic mass is 9.73. The lowest BCUT2D eigenvalue weighted by Gasteiger charge is -2.30. The molecule has 0 radical (unpaired) electrons.